The van der Waals surface area contributed by atoms with E-state index in [1.807, 2.05) is 30.3 Å². The molecule has 2 unspecified atom stereocenters. The van der Waals surface area contributed by atoms with Gasteiger partial charge in [0.25, 0.3) is 5.91 Å². The Labute approximate surface area is 158 Å². The third-order valence-corrected chi connectivity index (χ3v) is 3.72. The van der Waals surface area contributed by atoms with Crippen LogP contribution in [0.3, 0.4) is 0 Å². The van der Waals surface area contributed by atoms with Gasteiger partial charge in [0.2, 0.25) is 5.78 Å². The number of hydrogen-bond donors (Lipinski definition) is 3. The Morgan fingerprint density at radius 3 is 2.48 bits per heavy atom. The van der Waals surface area contributed by atoms with Gasteiger partial charge in [-0.15, -0.1) is 0 Å². The molecular weight excluding hydrogens is 348 g/mol. The Morgan fingerprint density at radius 2 is 1.89 bits per heavy atom. The van der Waals surface area contributed by atoms with E-state index >= 15 is 0 Å². The van der Waals surface area contributed by atoms with Gasteiger partial charge >= 0.3 is 6.09 Å². The highest BCUT2D eigenvalue weighted by Gasteiger charge is 2.37. The molecule has 7 nitrogen and oxygen atoms in total. The topological polar surface area (TPSA) is 105 Å². The van der Waals surface area contributed by atoms with Gasteiger partial charge in [-0.25, -0.2) is 4.79 Å². The molecule has 3 N–H and O–H groups in total. The smallest absolute Gasteiger partial charge is 0.408 e. The molecule has 0 fully saturated rings. The van der Waals surface area contributed by atoms with E-state index in [4.69, 9.17) is 4.74 Å². The second-order valence-corrected chi connectivity index (χ2v) is 7.27. The minimum Gasteiger partial charge on any atom is -0.509 e. The van der Waals surface area contributed by atoms with Crippen molar-refractivity contribution in [3.05, 3.63) is 53.3 Å². The van der Waals surface area contributed by atoms with Gasteiger partial charge in [-0.3, -0.25) is 9.59 Å². The van der Waals surface area contributed by atoms with Crippen LogP contribution in [0, 0.1) is 0 Å². The summed E-state index contributed by atoms with van der Waals surface area (Å²) in [7, 11) is 0. The molecule has 2 rings (SSSR count). The summed E-state index contributed by atoms with van der Waals surface area (Å²) >= 11 is 0. The van der Waals surface area contributed by atoms with Gasteiger partial charge < -0.3 is 20.5 Å². The van der Waals surface area contributed by atoms with Crippen LogP contribution < -0.4 is 10.6 Å². The molecule has 7 heteroatoms. The van der Waals surface area contributed by atoms with Gasteiger partial charge in [-0.1, -0.05) is 42.5 Å². The SMILES string of the molecule is CC(OC(=O)NC(C)(C)C)C(=O)C1=C(O)C(C=Cc2ccccc2)NC1=O. The van der Waals surface area contributed by atoms with Crippen LogP contribution in [0.5, 0.6) is 0 Å². The van der Waals surface area contributed by atoms with Crippen molar-refractivity contribution in [1.82, 2.24) is 10.6 Å². The van der Waals surface area contributed by atoms with Crippen molar-refractivity contribution in [2.45, 2.75) is 45.4 Å². The van der Waals surface area contributed by atoms with Gasteiger partial charge in [0.15, 0.2) is 6.10 Å². The summed E-state index contributed by atoms with van der Waals surface area (Å²) in [5.74, 6) is -1.85. The molecule has 1 aromatic rings. The molecular formula is C20H24N2O5. The standard InChI is InChI=1S/C20H24N2O5/c1-12(27-19(26)22-20(2,3)4)16(23)15-17(24)14(21-18(15)25)11-10-13-8-6-5-7-9-13/h5-12,14,24H,1-4H3,(H,21,25)(H,22,26). The van der Waals surface area contributed by atoms with E-state index in [0.29, 0.717) is 0 Å². The number of hydrogen-bond acceptors (Lipinski definition) is 5. The lowest BCUT2D eigenvalue weighted by atomic mass is 10.1. The summed E-state index contributed by atoms with van der Waals surface area (Å²) in [5.41, 5.74) is -0.0390. The summed E-state index contributed by atoms with van der Waals surface area (Å²) in [6, 6.07) is 8.51. The normalized spacial score (nSPS) is 18.4. The number of Topliss-reactive ketones (excluding diaryl/α,β-unsaturated/α-hetero) is 1. The van der Waals surface area contributed by atoms with Crippen LogP contribution >= 0.6 is 0 Å². The number of rotatable bonds is 5. The maximum absolute atomic E-state index is 12.5. The fourth-order valence-electron chi connectivity index (χ4n) is 2.46. The number of benzene rings is 1. The molecule has 27 heavy (non-hydrogen) atoms. The fourth-order valence-corrected chi connectivity index (χ4v) is 2.46. The molecule has 0 radical (unpaired) electrons. The molecule has 0 aromatic heterocycles. The number of aliphatic hydroxyl groups excluding tert-OH is 1. The van der Waals surface area contributed by atoms with Gasteiger partial charge in [0, 0.05) is 5.54 Å². The van der Waals surface area contributed by atoms with Crippen LogP contribution in [0.1, 0.15) is 33.3 Å². The minimum absolute atomic E-state index is 0.385. The van der Waals surface area contributed by atoms with E-state index in [1.165, 1.54) is 6.92 Å². The van der Waals surface area contributed by atoms with Crippen molar-refractivity contribution in [1.29, 1.82) is 0 Å². The van der Waals surface area contributed by atoms with E-state index in [0.717, 1.165) is 5.56 Å². The zero-order valence-corrected chi connectivity index (χ0v) is 15.8. The molecule has 144 valence electrons. The molecule has 0 spiro atoms. The number of amides is 2. The maximum Gasteiger partial charge on any atom is 0.408 e. The second kappa shape index (κ2) is 8.07. The lowest BCUT2D eigenvalue weighted by Crippen LogP contribution is -2.43. The molecule has 0 saturated heterocycles. The number of alkyl carbamates (subject to hydrolysis) is 1. The number of ketones is 1. The second-order valence-electron chi connectivity index (χ2n) is 7.27. The van der Waals surface area contributed by atoms with E-state index in [2.05, 4.69) is 10.6 Å². The molecule has 1 heterocycles. The number of nitrogens with one attached hydrogen (secondary N) is 2. The number of carbonyl (C=O) groups is 3. The van der Waals surface area contributed by atoms with Gasteiger partial charge in [-0.2, -0.15) is 0 Å². The minimum atomic E-state index is -1.22. The average molecular weight is 372 g/mol. The van der Waals surface area contributed by atoms with Gasteiger partial charge in [0.05, 0.1) is 0 Å². The van der Waals surface area contributed by atoms with Crippen LogP contribution in [0.25, 0.3) is 6.08 Å². The first-order valence-electron chi connectivity index (χ1n) is 8.59. The van der Waals surface area contributed by atoms with Gasteiger partial charge in [-0.05, 0) is 33.3 Å². The molecule has 0 bridgehead atoms. The predicted octanol–water partition coefficient (Wildman–Crippen LogP) is 2.49. The first kappa shape index (κ1) is 20.2. The van der Waals surface area contributed by atoms with Crippen LogP contribution in [0.2, 0.25) is 0 Å². The number of aliphatic hydroxyl groups is 1. The molecule has 1 aliphatic heterocycles. The Morgan fingerprint density at radius 1 is 1.26 bits per heavy atom. The third-order valence-electron chi connectivity index (χ3n) is 3.72. The quantitative estimate of drug-likeness (QED) is 0.689. The fraction of sp³-hybridized carbons (Fsp3) is 0.350. The van der Waals surface area contributed by atoms with Crippen LogP contribution in [0.4, 0.5) is 4.79 Å². The van der Waals surface area contributed by atoms with E-state index < -0.39 is 41.0 Å². The zero-order valence-electron chi connectivity index (χ0n) is 15.8. The summed E-state index contributed by atoms with van der Waals surface area (Å²) in [4.78, 5) is 36.4. The summed E-state index contributed by atoms with van der Waals surface area (Å²) < 4.78 is 5.02. The molecule has 0 saturated carbocycles. The lowest BCUT2D eigenvalue weighted by Gasteiger charge is -2.21. The lowest BCUT2D eigenvalue weighted by molar-refractivity contribution is -0.126. The van der Waals surface area contributed by atoms with Crippen molar-refractivity contribution in [3.63, 3.8) is 0 Å². The molecule has 0 aliphatic carbocycles. The summed E-state index contributed by atoms with van der Waals surface area (Å²) in [6.07, 6.45) is 1.32. The van der Waals surface area contributed by atoms with Crippen molar-refractivity contribution in [3.8, 4) is 0 Å². The average Bonchev–Trinajstić information content (AvgIpc) is 2.85. The summed E-state index contributed by atoms with van der Waals surface area (Å²) in [6.45, 7) is 6.65. The predicted molar refractivity (Wildman–Crippen MR) is 101 cm³/mol. The molecule has 2 amide bonds. The molecule has 2 atom stereocenters. The first-order chi connectivity index (χ1) is 12.6. The highest BCUT2D eigenvalue weighted by atomic mass is 16.6. The zero-order chi connectivity index (χ0) is 20.2. The molecule has 1 aliphatic rings. The Balaban J connectivity index is 2.10. The van der Waals surface area contributed by atoms with Crippen LogP contribution in [-0.4, -0.2) is 40.6 Å². The van der Waals surface area contributed by atoms with E-state index in [9.17, 15) is 19.5 Å². The van der Waals surface area contributed by atoms with Crippen molar-refractivity contribution in [2.24, 2.45) is 0 Å². The van der Waals surface area contributed by atoms with Crippen molar-refractivity contribution in [2.75, 3.05) is 0 Å². The monoisotopic (exact) mass is 372 g/mol. The Hall–Kier alpha value is -3.09. The van der Waals surface area contributed by atoms with Crippen LogP contribution in [-0.2, 0) is 14.3 Å². The van der Waals surface area contributed by atoms with E-state index in [1.54, 1.807) is 32.9 Å². The Kier molecular flexibility index (Phi) is 6.05. The highest BCUT2D eigenvalue weighted by molar-refractivity contribution is 6.23. The first-order valence-corrected chi connectivity index (χ1v) is 8.59. The van der Waals surface area contributed by atoms with Crippen molar-refractivity contribution >= 4 is 23.9 Å². The van der Waals surface area contributed by atoms with Crippen LogP contribution in [0.15, 0.2) is 47.7 Å². The number of carbonyl (C=O) groups excluding carboxylic acids is 3. The molecule has 1 aromatic carbocycles. The Bertz CT molecular complexity index is 790. The van der Waals surface area contributed by atoms with Crippen molar-refractivity contribution < 1.29 is 24.2 Å². The number of ether oxygens (including phenoxy) is 1. The highest BCUT2D eigenvalue weighted by Crippen LogP contribution is 2.20. The maximum atomic E-state index is 12.5. The van der Waals surface area contributed by atoms with E-state index in [-0.39, 0.29) is 5.76 Å². The van der Waals surface area contributed by atoms with Gasteiger partial charge in [0.1, 0.15) is 17.4 Å². The summed E-state index contributed by atoms with van der Waals surface area (Å²) in [5, 5.41) is 15.4. The third kappa shape index (κ3) is 5.44. The largest absolute Gasteiger partial charge is 0.509 e.